The van der Waals surface area contributed by atoms with Crippen LogP contribution in [0.25, 0.3) is 120 Å². The van der Waals surface area contributed by atoms with Crippen LogP contribution in [0, 0.1) is 0 Å². The van der Waals surface area contributed by atoms with Crippen LogP contribution in [0.15, 0.2) is 233 Å². The molecule has 10 aromatic carbocycles. The van der Waals surface area contributed by atoms with Crippen molar-refractivity contribution in [3.63, 3.8) is 0 Å². The molecule has 5 nitrogen and oxygen atoms in total. The molecule has 1 aliphatic rings. The lowest BCUT2D eigenvalue weighted by molar-refractivity contribution is 0.668. The van der Waals surface area contributed by atoms with E-state index in [-0.39, 0.29) is 0 Å². The summed E-state index contributed by atoms with van der Waals surface area (Å²) in [6.07, 6.45) is 0. The van der Waals surface area contributed by atoms with Crippen LogP contribution < -0.4 is 0 Å². The van der Waals surface area contributed by atoms with E-state index in [0.29, 0.717) is 17.5 Å². The van der Waals surface area contributed by atoms with Crippen LogP contribution in [0.2, 0.25) is 0 Å². The van der Waals surface area contributed by atoms with E-state index in [0.717, 1.165) is 76.4 Å². The maximum Gasteiger partial charge on any atom is 0.165 e. The number of aromatic nitrogens is 3. The van der Waals surface area contributed by atoms with E-state index < -0.39 is 5.41 Å². The first-order valence-corrected chi connectivity index (χ1v) is 24.4. The Kier molecular flexibility index (Phi) is 8.38. The molecule has 0 saturated heterocycles. The predicted molar refractivity (Wildman–Crippen MR) is 286 cm³/mol. The van der Waals surface area contributed by atoms with Crippen LogP contribution in [0.1, 0.15) is 22.3 Å². The molecule has 14 aromatic rings. The van der Waals surface area contributed by atoms with E-state index >= 15 is 0 Å². The fourth-order valence-electron chi connectivity index (χ4n) is 11.5. The first-order valence-electron chi connectivity index (χ1n) is 23.6. The summed E-state index contributed by atoms with van der Waals surface area (Å²) < 4.78 is 15.5. The molecule has 0 unspecified atom stereocenters. The fourth-order valence-corrected chi connectivity index (χ4v) is 12.7. The van der Waals surface area contributed by atoms with Crippen LogP contribution in [0.3, 0.4) is 0 Å². The number of furan rings is 2. The standard InChI is InChI=1S/C64H37N3O2S/c1-3-17-39(18-4-1)64(40-19-5-2-6-20-40)50-28-11-7-21-42(50)43-34-33-38(37-51(43)64)41-35-36-55-58(47-24-9-13-30-53(47)69-55)59(41)63-66-61(48-26-16-31-54-57(48)46-23-8-12-29-52(46)68-54)65-62(67-63)49-27-15-25-45-44-22-10-14-32-56(44)70-60(45)49/h1-37H. The van der Waals surface area contributed by atoms with Gasteiger partial charge in [-0.2, -0.15) is 0 Å². The molecule has 1 aliphatic carbocycles. The minimum absolute atomic E-state index is 0.552. The molecule has 0 bridgehead atoms. The van der Waals surface area contributed by atoms with Crippen molar-refractivity contribution >= 4 is 75.4 Å². The molecule has 0 saturated carbocycles. The highest BCUT2D eigenvalue weighted by Gasteiger charge is 2.46. The third-order valence-corrected chi connectivity index (χ3v) is 15.7. The molecular formula is C64H37N3O2S. The summed E-state index contributed by atoms with van der Waals surface area (Å²) in [6, 6.07) is 79.8. The Balaban J connectivity index is 1.06. The maximum atomic E-state index is 6.71. The number of hydrogen-bond acceptors (Lipinski definition) is 6. The summed E-state index contributed by atoms with van der Waals surface area (Å²) in [7, 11) is 0. The number of fused-ring (bicyclic) bond motifs is 12. The van der Waals surface area contributed by atoms with Crippen molar-refractivity contribution in [2.45, 2.75) is 5.41 Å². The normalized spacial score (nSPS) is 13.0. The quantitative estimate of drug-likeness (QED) is 0.166. The van der Waals surface area contributed by atoms with Crippen LogP contribution >= 0.6 is 11.3 Å². The van der Waals surface area contributed by atoms with Crippen LogP contribution in [-0.4, -0.2) is 15.0 Å². The van der Waals surface area contributed by atoms with Gasteiger partial charge in [-0.25, -0.2) is 15.0 Å². The third-order valence-electron chi connectivity index (χ3n) is 14.5. The van der Waals surface area contributed by atoms with Crippen molar-refractivity contribution in [1.29, 1.82) is 0 Å². The van der Waals surface area contributed by atoms with Crippen LogP contribution in [0.5, 0.6) is 0 Å². The van der Waals surface area contributed by atoms with Crippen molar-refractivity contribution in [2.24, 2.45) is 0 Å². The van der Waals surface area contributed by atoms with Gasteiger partial charge in [-0.15, -0.1) is 11.3 Å². The largest absolute Gasteiger partial charge is 0.456 e. The van der Waals surface area contributed by atoms with E-state index in [2.05, 4.69) is 188 Å². The monoisotopic (exact) mass is 911 g/mol. The van der Waals surface area contributed by atoms with Crippen molar-refractivity contribution in [3.8, 4) is 56.4 Å². The first-order chi connectivity index (χ1) is 34.7. The average molecular weight is 912 g/mol. The van der Waals surface area contributed by atoms with Gasteiger partial charge in [0, 0.05) is 58.4 Å². The highest BCUT2D eigenvalue weighted by Crippen LogP contribution is 2.57. The van der Waals surface area contributed by atoms with Gasteiger partial charge in [0.15, 0.2) is 17.5 Å². The zero-order valence-corrected chi connectivity index (χ0v) is 38.2. The van der Waals surface area contributed by atoms with Crippen molar-refractivity contribution in [2.75, 3.05) is 0 Å². The summed E-state index contributed by atoms with van der Waals surface area (Å²) in [5.74, 6) is 1.70. The maximum absolute atomic E-state index is 6.71. The minimum Gasteiger partial charge on any atom is -0.456 e. The van der Waals surface area contributed by atoms with Crippen LogP contribution in [-0.2, 0) is 5.41 Å². The molecule has 326 valence electrons. The van der Waals surface area contributed by atoms with Gasteiger partial charge in [0.1, 0.15) is 22.3 Å². The summed E-state index contributed by atoms with van der Waals surface area (Å²) in [5, 5.41) is 6.29. The smallest absolute Gasteiger partial charge is 0.165 e. The van der Waals surface area contributed by atoms with Crippen molar-refractivity contribution in [1.82, 2.24) is 15.0 Å². The predicted octanol–water partition coefficient (Wildman–Crippen LogP) is 17.1. The Morgan fingerprint density at radius 2 is 0.871 bits per heavy atom. The summed E-state index contributed by atoms with van der Waals surface area (Å²) >= 11 is 1.77. The van der Waals surface area contributed by atoms with Gasteiger partial charge in [-0.3, -0.25) is 0 Å². The second kappa shape index (κ2) is 15.0. The number of nitrogens with zero attached hydrogens (tertiary/aromatic N) is 3. The molecule has 6 heteroatoms. The summed E-state index contributed by atoms with van der Waals surface area (Å²) in [5.41, 5.74) is 14.6. The molecule has 0 spiro atoms. The van der Waals surface area contributed by atoms with E-state index in [4.69, 9.17) is 23.8 Å². The molecule has 0 atom stereocenters. The summed E-state index contributed by atoms with van der Waals surface area (Å²) in [6.45, 7) is 0. The number of thiophene rings is 1. The topological polar surface area (TPSA) is 65.0 Å². The van der Waals surface area contributed by atoms with Gasteiger partial charge in [-0.1, -0.05) is 176 Å². The van der Waals surface area contributed by atoms with Crippen molar-refractivity contribution in [3.05, 3.63) is 247 Å². The van der Waals surface area contributed by atoms with Gasteiger partial charge >= 0.3 is 0 Å². The summed E-state index contributed by atoms with van der Waals surface area (Å²) in [4.78, 5) is 16.7. The number of para-hydroxylation sites is 2. The van der Waals surface area contributed by atoms with Crippen molar-refractivity contribution < 1.29 is 8.83 Å². The Labute approximate surface area is 405 Å². The molecule has 15 rings (SSSR count). The van der Waals surface area contributed by atoms with Gasteiger partial charge in [0.25, 0.3) is 0 Å². The lowest BCUT2D eigenvalue weighted by atomic mass is 9.67. The SMILES string of the molecule is c1ccc(C2(c3ccccc3)c3ccccc3-c3ccc(-c4ccc5oc6ccccc6c5c4-c4nc(-c5cccc6c5sc5ccccc56)nc(-c5cccc6oc7ccccc7c56)n4)cc32)cc1. The fraction of sp³-hybridized carbons (Fsp3) is 0.0156. The molecule has 0 aliphatic heterocycles. The molecule has 0 fully saturated rings. The van der Waals surface area contributed by atoms with Gasteiger partial charge in [0.2, 0.25) is 0 Å². The van der Waals surface area contributed by atoms with Gasteiger partial charge in [0.05, 0.1) is 5.41 Å². The minimum atomic E-state index is -0.584. The molecule has 0 amide bonds. The molecule has 0 N–H and O–H groups in total. The lowest BCUT2D eigenvalue weighted by Crippen LogP contribution is -2.28. The third kappa shape index (κ3) is 5.56. The highest BCUT2D eigenvalue weighted by molar-refractivity contribution is 7.26. The Morgan fingerprint density at radius 1 is 0.343 bits per heavy atom. The number of hydrogen-bond donors (Lipinski definition) is 0. The van der Waals surface area contributed by atoms with E-state index in [1.54, 1.807) is 11.3 Å². The molecule has 0 radical (unpaired) electrons. The lowest BCUT2D eigenvalue weighted by Gasteiger charge is -2.34. The van der Waals surface area contributed by atoms with E-state index in [1.807, 2.05) is 36.4 Å². The zero-order chi connectivity index (χ0) is 45.9. The second-order valence-electron chi connectivity index (χ2n) is 18.1. The molecular weight excluding hydrogens is 875 g/mol. The number of benzene rings is 10. The Bertz CT molecular complexity index is 4390. The van der Waals surface area contributed by atoms with Crippen LogP contribution in [0.4, 0.5) is 0 Å². The Morgan fingerprint density at radius 3 is 1.64 bits per heavy atom. The Hall–Kier alpha value is -8.97. The van der Waals surface area contributed by atoms with Gasteiger partial charge < -0.3 is 8.83 Å². The number of rotatable bonds is 6. The van der Waals surface area contributed by atoms with E-state index in [1.165, 1.54) is 48.9 Å². The molecule has 4 heterocycles. The van der Waals surface area contributed by atoms with E-state index in [9.17, 15) is 0 Å². The van der Waals surface area contributed by atoms with Gasteiger partial charge in [-0.05, 0) is 93.0 Å². The highest BCUT2D eigenvalue weighted by atomic mass is 32.1. The second-order valence-corrected chi connectivity index (χ2v) is 19.2. The molecule has 4 aromatic heterocycles. The first kappa shape index (κ1) is 39.1. The molecule has 70 heavy (non-hydrogen) atoms. The average Bonchev–Trinajstić information content (AvgIpc) is 4.20. The zero-order valence-electron chi connectivity index (χ0n) is 37.4.